The number of unbranched alkanes of at least 4 members (excludes halogenated alkanes) is 3. The summed E-state index contributed by atoms with van der Waals surface area (Å²) in [6.45, 7) is 5.89. The first-order valence-electron chi connectivity index (χ1n) is 14.7. The summed E-state index contributed by atoms with van der Waals surface area (Å²) in [5.74, 6) is -2.29. The van der Waals surface area contributed by atoms with E-state index in [2.05, 4.69) is 0 Å². The van der Waals surface area contributed by atoms with Crippen LogP contribution in [0, 0.1) is 0 Å². The van der Waals surface area contributed by atoms with Crippen LogP contribution in [0.4, 0.5) is 0 Å². The van der Waals surface area contributed by atoms with E-state index >= 15 is 0 Å². The van der Waals surface area contributed by atoms with E-state index in [0.717, 1.165) is 30.0 Å². The molecule has 1 aliphatic carbocycles. The van der Waals surface area contributed by atoms with Gasteiger partial charge in [0.05, 0.1) is 7.11 Å². The zero-order chi connectivity index (χ0) is 29.8. The molecule has 222 valence electrons. The SMILES string of the molecule is CCCCC(=O)OC1C[C@](OC(=O)CCCC)(C(=O)OC)C=C(c2ccc3ccccc3c2)[C@H]1OC(=O)CCCC. The monoisotopic (exact) mass is 566 g/mol. The fourth-order valence-electron chi connectivity index (χ4n) is 4.93. The Morgan fingerprint density at radius 1 is 0.780 bits per heavy atom. The van der Waals surface area contributed by atoms with Crippen molar-refractivity contribution in [2.24, 2.45) is 0 Å². The second-order valence-corrected chi connectivity index (χ2v) is 10.5. The lowest BCUT2D eigenvalue weighted by atomic mass is 9.79. The van der Waals surface area contributed by atoms with Crippen LogP contribution in [-0.4, -0.2) is 48.8 Å². The Morgan fingerprint density at radius 3 is 1.98 bits per heavy atom. The van der Waals surface area contributed by atoms with Crippen molar-refractivity contribution in [1.29, 1.82) is 0 Å². The maximum Gasteiger partial charge on any atom is 0.354 e. The van der Waals surface area contributed by atoms with E-state index in [-0.39, 0.29) is 25.7 Å². The van der Waals surface area contributed by atoms with Crippen molar-refractivity contribution in [2.75, 3.05) is 7.11 Å². The average Bonchev–Trinajstić information content (AvgIpc) is 2.98. The predicted molar refractivity (Wildman–Crippen MR) is 156 cm³/mol. The van der Waals surface area contributed by atoms with Crippen molar-refractivity contribution < 1.29 is 38.1 Å². The maximum absolute atomic E-state index is 13.4. The number of methoxy groups -OCH3 is 1. The molecule has 1 unspecified atom stereocenters. The Balaban J connectivity index is 2.18. The lowest BCUT2D eigenvalue weighted by Crippen LogP contribution is -2.53. The zero-order valence-electron chi connectivity index (χ0n) is 24.6. The number of esters is 4. The van der Waals surface area contributed by atoms with Gasteiger partial charge in [0.15, 0.2) is 6.10 Å². The van der Waals surface area contributed by atoms with Gasteiger partial charge in [0.2, 0.25) is 5.60 Å². The summed E-state index contributed by atoms with van der Waals surface area (Å²) in [5, 5.41) is 1.92. The third-order valence-corrected chi connectivity index (χ3v) is 7.19. The molecule has 0 bridgehead atoms. The highest BCUT2D eigenvalue weighted by molar-refractivity contribution is 5.93. The highest BCUT2D eigenvalue weighted by atomic mass is 16.6. The van der Waals surface area contributed by atoms with Crippen LogP contribution in [0.5, 0.6) is 0 Å². The molecule has 8 nitrogen and oxygen atoms in total. The topological polar surface area (TPSA) is 105 Å². The summed E-state index contributed by atoms with van der Waals surface area (Å²) in [4.78, 5) is 52.1. The number of ether oxygens (including phenoxy) is 4. The average molecular weight is 567 g/mol. The lowest BCUT2D eigenvalue weighted by Gasteiger charge is -2.40. The second-order valence-electron chi connectivity index (χ2n) is 10.5. The molecule has 41 heavy (non-hydrogen) atoms. The van der Waals surface area contributed by atoms with Crippen LogP contribution >= 0.6 is 0 Å². The molecule has 0 radical (unpaired) electrons. The summed E-state index contributed by atoms with van der Waals surface area (Å²) in [7, 11) is 1.21. The van der Waals surface area contributed by atoms with Gasteiger partial charge in [0, 0.05) is 31.3 Å². The minimum atomic E-state index is -1.87. The maximum atomic E-state index is 13.4. The molecule has 8 heteroatoms. The van der Waals surface area contributed by atoms with Crippen LogP contribution < -0.4 is 0 Å². The minimum absolute atomic E-state index is 0.116. The van der Waals surface area contributed by atoms with E-state index in [1.807, 2.05) is 63.2 Å². The predicted octanol–water partition coefficient (Wildman–Crippen LogP) is 6.48. The molecule has 0 aromatic heterocycles. The van der Waals surface area contributed by atoms with Crippen molar-refractivity contribution >= 4 is 40.2 Å². The van der Waals surface area contributed by atoms with Crippen LogP contribution in [0.2, 0.25) is 0 Å². The normalized spacial score (nSPS) is 20.1. The standard InChI is InChI=1S/C33H42O8/c1-5-8-15-28(34)39-27-22-33(32(37)38-4,41-30(36)17-10-7-3)21-26(31(27)40-29(35)16-9-6-2)25-19-18-23-13-11-12-14-24(23)20-25/h11-14,18-21,27,31H,5-10,15-17,22H2,1-4H3/t27?,31-,33+/m1/s1. The van der Waals surface area contributed by atoms with Crippen LogP contribution in [0.1, 0.15) is 90.5 Å². The molecule has 0 N–H and O–H groups in total. The Hall–Kier alpha value is -3.68. The van der Waals surface area contributed by atoms with Gasteiger partial charge in [-0.2, -0.15) is 0 Å². The van der Waals surface area contributed by atoms with Crippen LogP contribution in [0.15, 0.2) is 48.5 Å². The Labute approximate surface area is 242 Å². The summed E-state index contributed by atoms with van der Waals surface area (Å²) in [6.07, 6.45) is 3.87. The fourth-order valence-corrected chi connectivity index (χ4v) is 4.93. The van der Waals surface area contributed by atoms with Gasteiger partial charge in [-0.05, 0) is 47.7 Å². The van der Waals surface area contributed by atoms with E-state index in [1.54, 1.807) is 0 Å². The molecular weight excluding hydrogens is 524 g/mol. The van der Waals surface area contributed by atoms with Gasteiger partial charge in [0.25, 0.3) is 0 Å². The molecule has 0 fully saturated rings. The quantitative estimate of drug-likeness (QED) is 0.189. The molecule has 0 saturated heterocycles. The smallest absolute Gasteiger partial charge is 0.354 e. The van der Waals surface area contributed by atoms with Crippen molar-refractivity contribution in [3.05, 3.63) is 54.1 Å². The van der Waals surface area contributed by atoms with E-state index in [4.69, 9.17) is 18.9 Å². The Morgan fingerprint density at radius 2 is 1.37 bits per heavy atom. The third-order valence-electron chi connectivity index (χ3n) is 7.19. The summed E-state index contributed by atoms with van der Waals surface area (Å²) in [6, 6.07) is 13.5. The van der Waals surface area contributed by atoms with E-state index in [0.29, 0.717) is 30.4 Å². The highest BCUT2D eigenvalue weighted by Crippen LogP contribution is 2.40. The first-order chi connectivity index (χ1) is 19.8. The number of carbonyl (C=O) groups excluding carboxylic acids is 4. The first kappa shape index (κ1) is 31.8. The summed E-state index contributed by atoms with van der Waals surface area (Å²) >= 11 is 0. The molecule has 0 saturated carbocycles. The number of rotatable bonds is 14. The van der Waals surface area contributed by atoms with Gasteiger partial charge in [-0.1, -0.05) is 76.4 Å². The zero-order valence-corrected chi connectivity index (χ0v) is 24.6. The highest BCUT2D eigenvalue weighted by Gasteiger charge is 2.52. The van der Waals surface area contributed by atoms with Gasteiger partial charge in [-0.15, -0.1) is 0 Å². The van der Waals surface area contributed by atoms with E-state index < -0.39 is 41.7 Å². The van der Waals surface area contributed by atoms with E-state index in [9.17, 15) is 19.2 Å². The fraction of sp³-hybridized carbons (Fsp3) is 0.515. The number of hydrogen-bond donors (Lipinski definition) is 0. The summed E-state index contributed by atoms with van der Waals surface area (Å²) in [5.41, 5.74) is -0.819. The van der Waals surface area contributed by atoms with Crippen molar-refractivity contribution in [1.82, 2.24) is 0 Å². The first-order valence-corrected chi connectivity index (χ1v) is 14.7. The molecule has 0 amide bonds. The molecule has 0 spiro atoms. The van der Waals surface area contributed by atoms with E-state index in [1.165, 1.54) is 13.2 Å². The Bertz CT molecular complexity index is 1250. The van der Waals surface area contributed by atoms with Gasteiger partial charge < -0.3 is 18.9 Å². The summed E-state index contributed by atoms with van der Waals surface area (Å²) < 4.78 is 22.9. The van der Waals surface area contributed by atoms with Crippen molar-refractivity contribution in [2.45, 2.75) is 103 Å². The molecule has 2 aromatic carbocycles. The van der Waals surface area contributed by atoms with Gasteiger partial charge in [-0.3, -0.25) is 14.4 Å². The van der Waals surface area contributed by atoms with Crippen LogP contribution in [0.25, 0.3) is 16.3 Å². The van der Waals surface area contributed by atoms with Crippen LogP contribution in [-0.2, 0) is 38.1 Å². The van der Waals surface area contributed by atoms with Gasteiger partial charge in [-0.25, -0.2) is 4.79 Å². The molecule has 0 aliphatic heterocycles. The second kappa shape index (κ2) is 15.4. The van der Waals surface area contributed by atoms with Crippen molar-refractivity contribution in [3.63, 3.8) is 0 Å². The van der Waals surface area contributed by atoms with Gasteiger partial charge in [0.1, 0.15) is 6.10 Å². The third kappa shape index (κ3) is 8.41. The molecule has 1 aliphatic rings. The number of fused-ring (bicyclic) bond motifs is 1. The molecular formula is C33H42O8. The number of carbonyl (C=O) groups is 4. The molecule has 3 rings (SSSR count). The Kier molecular flexibility index (Phi) is 11.9. The molecule has 3 atom stereocenters. The largest absolute Gasteiger partial charge is 0.466 e. The molecule has 2 aromatic rings. The number of benzene rings is 2. The minimum Gasteiger partial charge on any atom is -0.466 e. The van der Waals surface area contributed by atoms with Crippen molar-refractivity contribution in [3.8, 4) is 0 Å². The lowest BCUT2D eigenvalue weighted by molar-refractivity contribution is -0.186. The van der Waals surface area contributed by atoms with Crippen LogP contribution in [0.3, 0.4) is 0 Å². The number of hydrogen-bond acceptors (Lipinski definition) is 8. The van der Waals surface area contributed by atoms with Gasteiger partial charge >= 0.3 is 23.9 Å². The molecule has 0 heterocycles.